The molecule has 6 nitrogen and oxygen atoms in total. The van der Waals surface area contributed by atoms with Crippen LogP contribution < -0.4 is 10.5 Å². The Balaban J connectivity index is 1.84. The average Bonchev–Trinajstić information content (AvgIpc) is 3.05. The lowest BCUT2D eigenvalue weighted by Gasteiger charge is -2.05. The van der Waals surface area contributed by atoms with Gasteiger partial charge in [-0.15, -0.1) is 11.3 Å². The predicted octanol–water partition coefficient (Wildman–Crippen LogP) is 0.772. The summed E-state index contributed by atoms with van der Waals surface area (Å²) in [4.78, 5) is 5.08. The fourth-order valence-electron chi connectivity index (χ4n) is 1.58. The van der Waals surface area contributed by atoms with Gasteiger partial charge >= 0.3 is 0 Å². The SMILES string of the molecule is NCc1cc(S(=O)(=O)NCCCn2ccnc2)cs1. The maximum Gasteiger partial charge on any atom is 0.241 e. The Morgan fingerprint density at radius 2 is 2.32 bits per heavy atom. The summed E-state index contributed by atoms with van der Waals surface area (Å²) in [6, 6.07) is 1.61. The van der Waals surface area contributed by atoms with Gasteiger partial charge in [-0.25, -0.2) is 18.1 Å². The Hall–Kier alpha value is -1.22. The minimum absolute atomic E-state index is 0.292. The van der Waals surface area contributed by atoms with Crippen LogP contribution in [0.15, 0.2) is 35.1 Å². The van der Waals surface area contributed by atoms with Crippen LogP contribution in [-0.4, -0.2) is 24.5 Å². The van der Waals surface area contributed by atoms with Crippen molar-refractivity contribution in [3.05, 3.63) is 35.0 Å². The first-order chi connectivity index (χ1) is 9.12. The summed E-state index contributed by atoms with van der Waals surface area (Å²) >= 11 is 1.36. The van der Waals surface area contributed by atoms with E-state index in [9.17, 15) is 8.42 Å². The summed E-state index contributed by atoms with van der Waals surface area (Å²) in [6.07, 6.45) is 5.97. The van der Waals surface area contributed by atoms with Gasteiger partial charge in [0.15, 0.2) is 0 Å². The van der Waals surface area contributed by atoms with Gasteiger partial charge in [0.2, 0.25) is 10.0 Å². The molecule has 104 valence electrons. The predicted molar refractivity (Wildman–Crippen MR) is 74.2 cm³/mol. The van der Waals surface area contributed by atoms with Crippen LogP contribution in [0.25, 0.3) is 0 Å². The molecule has 0 aliphatic heterocycles. The van der Waals surface area contributed by atoms with Gasteiger partial charge in [0.1, 0.15) is 0 Å². The molecule has 19 heavy (non-hydrogen) atoms. The van der Waals surface area contributed by atoms with E-state index in [2.05, 4.69) is 9.71 Å². The summed E-state index contributed by atoms with van der Waals surface area (Å²) in [5, 5.41) is 1.61. The van der Waals surface area contributed by atoms with Crippen LogP contribution in [0, 0.1) is 0 Å². The van der Waals surface area contributed by atoms with Gasteiger partial charge in [-0.05, 0) is 12.5 Å². The Labute approximate surface area is 116 Å². The number of rotatable bonds is 7. The van der Waals surface area contributed by atoms with Crippen LogP contribution in [-0.2, 0) is 23.1 Å². The van der Waals surface area contributed by atoms with E-state index in [1.54, 1.807) is 24.0 Å². The number of nitrogens with zero attached hydrogens (tertiary/aromatic N) is 2. The number of thiophene rings is 1. The van der Waals surface area contributed by atoms with Crippen LogP contribution in [0.2, 0.25) is 0 Å². The third-order valence-electron chi connectivity index (χ3n) is 2.59. The second-order valence-corrected chi connectivity index (χ2v) is 6.77. The fourth-order valence-corrected chi connectivity index (χ4v) is 3.81. The molecule has 3 N–H and O–H groups in total. The molecule has 2 heterocycles. The standard InChI is InChI=1S/C11H16N4O2S2/c12-7-10-6-11(8-18-10)19(16,17)14-2-1-4-15-5-3-13-9-15/h3,5-6,8-9,14H,1-2,4,7,12H2. The molecule has 0 bridgehead atoms. The van der Waals surface area contributed by atoms with Crippen molar-refractivity contribution in [2.24, 2.45) is 5.73 Å². The highest BCUT2D eigenvalue weighted by molar-refractivity contribution is 7.89. The minimum atomic E-state index is -3.41. The van der Waals surface area contributed by atoms with E-state index in [1.165, 1.54) is 11.3 Å². The molecule has 2 aromatic rings. The molecule has 0 saturated heterocycles. The molecule has 0 fully saturated rings. The molecule has 2 aromatic heterocycles. The van der Waals surface area contributed by atoms with Crippen LogP contribution >= 0.6 is 11.3 Å². The number of aromatic nitrogens is 2. The van der Waals surface area contributed by atoms with Crippen LogP contribution in [0.4, 0.5) is 0 Å². The highest BCUT2D eigenvalue weighted by atomic mass is 32.2. The number of hydrogen-bond acceptors (Lipinski definition) is 5. The third-order valence-corrected chi connectivity index (χ3v) is 5.13. The number of nitrogens with one attached hydrogen (secondary N) is 1. The zero-order valence-electron chi connectivity index (χ0n) is 10.3. The van der Waals surface area contributed by atoms with E-state index < -0.39 is 10.0 Å². The molecular formula is C11H16N4O2S2. The summed E-state index contributed by atoms with van der Waals surface area (Å²) in [7, 11) is -3.41. The maximum absolute atomic E-state index is 12.0. The Kier molecular flexibility index (Phi) is 4.70. The third kappa shape index (κ3) is 3.87. The topological polar surface area (TPSA) is 90.0 Å². The number of hydrogen-bond donors (Lipinski definition) is 2. The Bertz CT molecular complexity index is 604. The zero-order valence-corrected chi connectivity index (χ0v) is 12.0. The second-order valence-electron chi connectivity index (χ2n) is 4.00. The Morgan fingerprint density at radius 1 is 1.47 bits per heavy atom. The average molecular weight is 300 g/mol. The molecule has 0 radical (unpaired) electrons. The smallest absolute Gasteiger partial charge is 0.241 e. The van der Waals surface area contributed by atoms with Gasteiger partial charge in [-0.3, -0.25) is 0 Å². The largest absolute Gasteiger partial charge is 0.337 e. The minimum Gasteiger partial charge on any atom is -0.337 e. The molecule has 0 aliphatic carbocycles. The second kappa shape index (κ2) is 6.29. The van der Waals surface area contributed by atoms with E-state index in [0.717, 1.165) is 11.4 Å². The van der Waals surface area contributed by atoms with Crippen LogP contribution in [0.5, 0.6) is 0 Å². The van der Waals surface area contributed by atoms with Gasteiger partial charge in [0.25, 0.3) is 0 Å². The van der Waals surface area contributed by atoms with E-state index in [0.29, 0.717) is 24.4 Å². The number of sulfonamides is 1. The molecule has 0 spiro atoms. The highest BCUT2D eigenvalue weighted by Crippen LogP contribution is 2.18. The molecule has 0 aliphatic rings. The molecule has 0 saturated carbocycles. The van der Waals surface area contributed by atoms with Gasteiger partial charge in [-0.2, -0.15) is 0 Å². The molecule has 0 aromatic carbocycles. The normalized spacial score (nSPS) is 11.8. The zero-order chi connectivity index (χ0) is 13.7. The first-order valence-corrected chi connectivity index (χ1v) is 8.21. The van der Waals surface area contributed by atoms with Crippen molar-refractivity contribution < 1.29 is 8.42 Å². The molecule has 8 heteroatoms. The lowest BCUT2D eigenvalue weighted by Crippen LogP contribution is -2.25. The van der Waals surface area contributed by atoms with Crippen molar-refractivity contribution in [3.63, 3.8) is 0 Å². The van der Waals surface area contributed by atoms with Crippen molar-refractivity contribution in [2.45, 2.75) is 24.4 Å². The van der Waals surface area contributed by atoms with Crippen molar-refractivity contribution in [1.29, 1.82) is 0 Å². The van der Waals surface area contributed by atoms with E-state index in [1.807, 2.05) is 10.8 Å². The van der Waals surface area contributed by atoms with Gasteiger partial charge in [-0.1, -0.05) is 0 Å². The number of aryl methyl sites for hydroxylation is 1. The first kappa shape index (κ1) is 14.2. The lowest BCUT2D eigenvalue weighted by molar-refractivity contribution is 0.570. The van der Waals surface area contributed by atoms with Crippen molar-refractivity contribution in [1.82, 2.24) is 14.3 Å². The summed E-state index contributed by atoms with van der Waals surface area (Å²) in [6.45, 7) is 1.50. The highest BCUT2D eigenvalue weighted by Gasteiger charge is 2.14. The maximum atomic E-state index is 12.0. The van der Waals surface area contributed by atoms with Crippen LogP contribution in [0.3, 0.4) is 0 Å². The van der Waals surface area contributed by atoms with Gasteiger partial charge < -0.3 is 10.3 Å². The molecule has 0 unspecified atom stereocenters. The lowest BCUT2D eigenvalue weighted by atomic mass is 10.4. The summed E-state index contributed by atoms with van der Waals surface area (Å²) < 4.78 is 28.4. The van der Waals surface area contributed by atoms with E-state index in [4.69, 9.17) is 5.73 Å². The molecule has 0 amide bonds. The monoisotopic (exact) mass is 300 g/mol. The first-order valence-electron chi connectivity index (χ1n) is 5.85. The van der Waals surface area contributed by atoms with Gasteiger partial charge in [0.05, 0.1) is 11.2 Å². The van der Waals surface area contributed by atoms with Crippen LogP contribution in [0.1, 0.15) is 11.3 Å². The molecule has 2 rings (SSSR count). The number of imidazole rings is 1. The summed E-state index contributed by atoms with van der Waals surface area (Å²) in [5.41, 5.74) is 5.47. The van der Waals surface area contributed by atoms with Crippen molar-refractivity contribution >= 4 is 21.4 Å². The summed E-state index contributed by atoms with van der Waals surface area (Å²) in [5.74, 6) is 0. The van der Waals surface area contributed by atoms with E-state index in [-0.39, 0.29) is 0 Å². The molecular weight excluding hydrogens is 284 g/mol. The van der Waals surface area contributed by atoms with Gasteiger partial charge in [0, 0.05) is 42.3 Å². The molecule has 0 atom stereocenters. The number of nitrogens with two attached hydrogens (primary N) is 1. The Morgan fingerprint density at radius 3 is 2.95 bits per heavy atom. The van der Waals surface area contributed by atoms with Crippen molar-refractivity contribution in [3.8, 4) is 0 Å². The fraction of sp³-hybridized carbons (Fsp3) is 0.364. The van der Waals surface area contributed by atoms with Crippen molar-refractivity contribution in [2.75, 3.05) is 6.54 Å². The van der Waals surface area contributed by atoms with E-state index >= 15 is 0 Å². The quantitative estimate of drug-likeness (QED) is 0.739.